The first-order valence-electron chi connectivity index (χ1n) is 5.10. The van der Waals surface area contributed by atoms with Gasteiger partial charge >= 0.3 is 0 Å². The average molecular weight is 206 g/mol. The largest absolute Gasteiger partial charge is 0.362 e. The molecular formula is C12H15FN2. The lowest BCUT2D eigenvalue weighted by molar-refractivity contribution is 0.603. The smallest absolute Gasteiger partial charge is 0.144 e. The summed E-state index contributed by atoms with van der Waals surface area (Å²) in [6.45, 7) is 1.70. The van der Waals surface area contributed by atoms with E-state index in [1.54, 1.807) is 13.0 Å². The van der Waals surface area contributed by atoms with Crippen molar-refractivity contribution >= 4 is 5.82 Å². The van der Waals surface area contributed by atoms with E-state index in [0.29, 0.717) is 11.6 Å². The molecule has 0 amide bonds. The van der Waals surface area contributed by atoms with Crippen LogP contribution in [0.15, 0.2) is 18.2 Å². The standard InChI is InChI=1S/C12H15FN2/c1-8-11(13)7-10(9-5-4-6-9)12(14-8)15(2)3/h4-5,7,9H,6H2,1-3H3. The molecule has 1 aromatic heterocycles. The summed E-state index contributed by atoms with van der Waals surface area (Å²) in [7, 11) is 3.87. The quantitative estimate of drug-likeness (QED) is 0.691. The van der Waals surface area contributed by atoms with Crippen LogP contribution < -0.4 is 4.90 Å². The van der Waals surface area contributed by atoms with Gasteiger partial charge in [-0.25, -0.2) is 9.37 Å². The molecule has 80 valence electrons. The third-order valence-corrected chi connectivity index (χ3v) is 2.74. The number of nitrogens with zero attached hydrogens (tertiary/aromatic N) is 2. The highest BCUT2D eigenvalue weighted by Gasteiger charge is 2.20. The Morgan fingerprint density at radius 3 is 2.60 bits per heavy atom. The summed E-state index contributed by atoms with van der Waals surface area (Å²) in [6.07, 6.45) is 5.19. The fraction of sp³-hybridized carbons (Fsp3) is 0.417. The first kappa shape index (κ1) is 10.1. The second-order valence-electron chi connectivity index (χ2n) is 4.13. The first-order valence-corrected chi connectivity index (χ1v) is 5.10. The zero-order valence-electron chi connectivity index (χ0n) is 9.29. The summed E-state index contributed by atoms with van der Waals surface area (Å²) in [5.74, 6) is 1.00. The van der Waals surface area contributed by atoms with E-state index >= 15 is 0 Å². The van der Waals surface area contributed by atoms with Gasteiger partial charge in [0.25, 0.3) is 0 Å². The Bertz CT molecular complexity index is 410. The molecule has 1 aliphatic carbocycles. The summed E-state index contributed by atoms with van der Waals surface area (Å²) in [5, 5.41) is 0. The van der Waals surface area contributed by atoms with Crippen LogP contribution in [0.4, 0.5) is 10.2 Å². The number of allylic oxidation sites excluding steroid dienone is 2. The van der Waals surface area contributed by atoms with Crippen molar-refractivity contribution < 1.29 is 4.39 Å². The number of hydrogen-bond acceptors (Lipinski definition) is 2. The van der Waals surface area contributed by atoms with E-state index in [1.807, 2.05) is 19.0 Å². The summed E-state index contributed by atoms with van der Waals surface area (Å²) >= 11 is 0. The molecule has 0 saturated carbocycles. The van der Waals surface area contributed by atoms with Gasteiger partial charge in [0.05, 0.1) is 5.69 Å². The van der Waals surface area contributed by atoms with Crippen LogP contribution in [0, 0.1) is 12.7 Å². The van der Waals surface area contributed by atoms with Crippen LogP contribution in [0.3, 0.4) is 0 Å². The fourth-order valence-corrected chi connectivity index (χ4v) is 1.72. The lowest BCUT2D eigenvalue weighted by Gasteiger charge is -2.24. The predicted octanol–water partition coefficient (Wildman–Crippen LogP) is 2.64. The average Bonchev–Trinajstić information content (AvgIpc) is 2.07. The molecule has 15 heavy (non-hydrogen) atoms. The van der Waals surface area contributed by atoms with E-state index in [4.69, 9.17) is 0 Å². The van der Waals surface area contributed by atoms with Gasteiger partial charge in [0, 0.05) is 25.6 Å². The van der Waals surface area contributed by atoms with E-state index in [9.17, 15) is 4.39 Å². The van der Waals surface area contributed by atoms with Crippen LogP contribution in [0.25, 0.3) is 0 Å². The van der Waals surface area contributed by atoms with Gasteiger partial charge in [0.1, 0.15) is 11.6 Å². The minimum atomic E-state index is -0.212. The summed E-state index contributed by atoms with van der Waals surface area (Å²) in [4.78, 5) is 6.23. The Morgan fingerprint density at radius 1 is 1.47 bits per heavy atom. The normalized spacial score (nSPS) is 18.8. The van der Waals surface area contributed by atoms with Gasteiger partial charge in [0.15, 0.2) is 0 Å². The van der Waals surface area contributed by atoms with Gasteiger partial charge in [-0.05, 0) is 19.4 Å². The van der Waals surface area contributed by atoms with Crippen LogP contribution in [-0.4, -0.2) is 19.1 Å². The molecule has 1 unspecified atom stereocenters. The van der Waals surface area contributed by atoms with Crippen LogP contribution >= 0.6 is 0 Å². The number of anilines is 1. The van der Waals surface area contributed by atoms with Crippen molar-refractivity contribution in [2.45, 2.75) is 19.3 Å². The second-order valence-corrected chi connectivity index (χ2v) is 4.13. The van der Waals surface area contributed by atoms with E-state index in [2.05, 4.69) is 17.1 Å². The zero-order chi connectivity index (χ0) is 11.0. The Balaban J connectivity index is 2.50. The molecule has 0 saturated heterocycles. The van der Waals surface area contributed by atoms with Crippen LogP contribution in [0.2, 0.25) is 0 Å². The van der Waals surface area contributed by atoms with E-state index in [1.165, 1.54) is 0 Å². The number of aryl methyl sites for hydroxylation is 1. The molecule has 0 aliphatic heterocycles. The maximum absolute atomic E-state index is 13.4. The highest BCUT2D eigenvalue weighted by molar-refractivity contribution is 5.51. The SMILES string of the molecule is Cc1nc(N(C)C)c(C2C=CC2)cc1F. The lowest BCUT2D eigenvalue weighted by Crippen LogP contribution is -2.17. The maximum atomic E-state index is 13.4. The summed E-state index contributed by atoms with van der Waals surface area (Å²) in [6, 6.07) is 1.62. The number of hydrogen-bond donors (Lipinski definition) is 0. The molecule has 2 rings (SSSR count). The molecule has 0 radical (unpaired) electrons. The van der Waals surface area contributed by atoms with Gasteiger partial charge in [0.2, 0.25) is 0 Å². The molecule has 3 heteroatoms. The third-order valence-electron chi connectivity index (χ3n) is 2.74. The first-order chi connectivity index (χ1) is 7.09. The highest BCUT2D eigenvalue weighted by Crippen LogP contribution is 2.34. The third kappa shape index (κ3) is 1.74. The molecule has 1 aliphatic rings. The lowest BCUT2D eigenvalue weighted by atomic mass is 9.88. The van der Waals surface area contributed by atoms with Crippen molar-refractivity contribution in [3.05, 3.63) is 35.3 Å². The topological polar surface area (TPSA) is 16.1 Å². The van der Waals surface area contributed by atoms with Crippen molar-refractivity contribution in [2.24, 2.45) is 0 Å². The Kier molecular flexibility index (Phi) is 2.47. The molecule has 0 spiro atoms. The van der Waals surface area contributed by atoms with Gasteiger partial charge in [-0.1, -0.05) is 12.2 Å². The van der Waals surface area contributed by atoms with Gasteiger partial charge in [-0.2, -0.15) is 0 Å². The highest BCUT2D eigenvalue weighted by atomic mass is 19.1. The minimum Gasteiger partial charge on any atom is -0.362 e. The molecule has 0 fully saturated rings. The van der Waals surface area contributed by atoms with Crippen LogP contribution in [0.5, 0.6) is 0 Å². The van der Waals surface area contributed by atoms with E-state index in [-0.39, 0.29) is 5.82 Å². The molecule has 1 aromatic rings. The van der Waals surface area contributed by atoms with Crippen molar-refractivity contribution in [1.29, 1.82) is 0 Å². The number of pyridine rings is 1. The molecule has 0 aromatic carbocycles. The Hall–Kier alpha value is -1.38. The molecule has 1 atom stereocenters. The van der Waals surface area contributed by atoms with Crippen molar-refractivity contribution in [2.75, 3.05) is 19.0 Å². The summed E-state index contributed by atoms with van der Waals surface area (Å²) in [5.41, 5.74) is 1.45. The second kappa shape index (κ2) is 3.65. The molecule has 0 N–H and O–H groups in total. The number of rotatable bonds is 2. The Labute approximate surface area is 89.4 Å². The molecular weight excluding hydrogens is 191 g/mol. The van der Waals surface area contributed by atoms with E-state index in [0.717, 1.165) is 17.8 Å². The maximum Gasteiger partial charge on any atom is 0.144 e. The number of aromatic nitrogens is 1. The molecule has 0 bridgehead atoms. The predicted molar refractivity (Wildman–Crippen MR) is 59.8 cm³/mol. The number of halogens is 1. The van der Waals surface area contributed by atoms with Crippen molar-refractivity contribution in [3.8, 4) is 0 Å². The summed E-state index contributed by atoms with van der Waals surface area (Å²) < 4.78 is 13.4. The van der Waals surface area contributed by atoms with Gasteiger partial charge < -0.3 is 4.90 Å². The van der Waals surface area contributed by atoms with Crippen LogP contribution in [-0.2, 0) is 0 Å². The Morgan fingerprint density at radius 2 is 2.13 bits per heavy atom. The molecule has 2 nitrogen and oxygen atoms in total. The zero-order valence-corrected chi connectivity index (χ0v) is 9.29. The monoisotopic (exact) mass is 206 g/mol. The van der Waals surface area contributed by atoms with Gasteiger partial charge in [-0.3, -0.25) is 0 Å². The van der Waals surface area contributed by atoms with E-state index < -0.39 is 0 Å². The van der Waals surface area contributed by atoms with Crippen molar-refractivity contribution in [3.63, 3.8) is 0 Å². The molecule has 1 heterocycles. The minimum absolute atomic E-state index is 0.212. The van der Waals surface area contributed by atoms with Crippen molar-refractivity contribution in [1.82, 2.24) is 4.98 Å². The fourth-order valence-electron chi connectivity index (χ4n) is 1.72. The van der Waals surface area contributed by atoms with Crippen LogP contribution in [0.1, 0.15) is 23.6 Å². The van der Waals surface area contributed by atoms with Gasteiger partial charge in [-0.15, -0.1) is 0 Å².